The molecule has 4 atom stereocenters. The highest BCUT2D eigenvalue weighted by molar-refractivity contribution is 5.86. The first-order valence-electron chi connectivity index (χ1n) is 11.8. The summed E-state index contributed by atoms with van der Waals surface area (Å²) in [7, 11) is 3.38. The van der Waals surface area contributed by atoms with Crippen LogP contribution in [0.15, 0.2) is 42.5 Å². The Bertz CT molecular complexity index is 1080. The number of hydrogen-bond acceptors (Lipinski definition) is 6. The minimum Gasteiger partial charge on any atom is -0.497 e. The summed E-state index contributed by atoms with van der Waals surface area (Å²) in [6.45, 7) is 7.29. The van der Waals surface area contributed by atoms with Crippen LogP contribution in [0.25, 0.3) is 0 Å². The molecule has 2 aromatic carbocycles. The van der Waals surface area contributed by atoms with E-state index in [9.17, 15) is 14.7 Å². The molecule has 2 aromatic rings. The Morgan fingerprint density at radius 3 is 2.46 bits per heavy atom. The van der Waals surface area contributed by atoms with Crippen LogP contribution in [0.1, 0.15) is 43.9 Å². The minimum absolute atomic E-state index is 0.102. The summed E-state index contributed by atoms with van der Waals surface area (Å²) in [4.78, 5) is 28.3. The number of fused-ring (bicyclic) bond motifs is 1. The summed E-state index contributed by atoms with van der Waals surface area (Å²) in [5.41, 5.74) is 1.48. The Hall–Kier alpha value is -3.26. The van der Waals surface area contributed by atoms with E-state index in [0.717, 1.165) is 11.1 Å². The summed E-state index contributed by atoms with van der Waals surface area (Å²) < 4.78 is 16.3. The van der Waals surface area contributed by atoms with Crippen LogP contribution < -0.4 is 19.5 Å². The van der Waals surface area contributed by atoms with Crippen molar-refractivity contribution >= 4 is 11.9 Å². The Morgan fingerprint density at radius 1 is 1.14 bits per heavy atom. The smallest absolute Gasteiger partial charge is 0.308 e. The van der Waals surface area contributed by atoms with E-state index in [1.807, 2.05) is 36.4 Å². The third-order valence-electron chi connectivity index (χ3n) is 6.69. The predicted molar refractivity (Wildman–Crippen MR) is 131 cm³/mol. The highest BCUT2D eigenvalue weighted by Gasteiger charge is 2.48. The van der Waals surface area contributed by atoms with Gasteiger partial charge < -0.3 is 29.5 Å². The van der Waals surface area contributed by atoms with Gasteiger partial charge in [0.25, 0.3) is 0 Å². The highest BCUT2D eigenvalue weighted by Crippen LogP contribution is 2.45. The molecule has 188 valence electrons. The first-order chi connectivity index (χ1) is 16.6. The van der Waals surface area contributed by atoms with E-state index in [1.54, 1.807) is 25.1 Å². The summed E-state index contributed by atoms with van der Waals surface area (Å²) in [6.07, 6.45) is 0. The molecule has 1 fully saturated rings. The number of carboxylic acid groups (broad SMARTS) is 1. The van der Waals surface area contributed by atoms with Gasteiger partial charge in [0.2, 0.25) is 12.7 Å². The molecule has 0 bridgehead atoms. The van der Waals surface area contributed by atoms with Gasteiger partial charge in [0.15, 0.2) is 11.5 Å². The van der Waals surface area contributed by atoms with Crippen LogP contribution in [0, 0.1) is 17.3 Å². The van der Waals surface area contributed by atoms with Crippen molar-refractivity contribution in [3.63, 3.8) is 0 Å². The number of likely N-dealkylation sites (N-methyl/N-ethyl adjacent to an activating group) is 1. The molecule has 35 heavy (non-hydrogen) atoms. The van der Waals surface area contributed by atoms with Crippen molar-refractivity contribution in [2.45, 2.75) is 32.7 Å². The molecule has 2 N–H and O–H groups in total. The van der Waals surface area contributed by atoms with Gasteiger partial charge in [-0.05, 0) is 40.8 Å². The SMILES string of the molecule is COc1ccc(C2NCC(C(C(=O)N(C)CC(C)(C)C)c3ccc4c(c3)OCO4)C2C(=O)O)cc1. The molecule has 8 heteroatoms. The van der Waals surface area contributed by atoms with E-state index >= 15 is 0 Å². The second kappa shape index (κ2) is 9.77. The minimum atomic E-state index is -0.933. The number of ether oxygens (including phenoxy) is 3. The summed E-state index contributed by atoms with van der Waals surface area (Å²) >= 11 is 0. The molecule has 2 aliphatic rings. The van der Waals surface area contributed by atoms with Crippen molar-refractivity contribution in [2.75, 3.05) is 34.0 Å². The Labute approximate surface area is 206 Å². The molecule has 4 rings (SSSR count). The Kier molecular flexibility index (Phi) is 6.94. The van der Waals surface area contributed by atoms with Gasteiger partial charge in [-0.1, -0.05) is 39.0 Å². The summed E-state index contributed by atoms with van der Waals surface area (Å²) in [5, 5.41) is 13.7. The molecule has 4 unspecified atom stereocenters. The zero-order chi connectivity index (χ0) is 25.3. The number of rotatable bonds is 7. The number of carboxylic acids is 1. The van der Waals surface area contributed by atoms with Crippen LogP contribution >= 0.6 is 0 Å². The van der Waals surface area contributed by atoms with Gasteiger partial charge in [-0.15, -0.1) is 0 Å². The molecule has 0 aromatic heterocycles. The van der Waals surface area contributed by atoms with Gasteiger partial charge >= 0.3 is 5.97 Å². The number of hydrogen-bond donors (Lipinski definition) is 2. The molecule has 0 aliphatic carbocycles. The lowest BCUT2D eigenvalue weighted by Crippen LogP contribution is -2.42. The van der Waals surface area contributed by atoms with Crippen LogP contribution in [-0.4, -0.2) is 55.9 Å². The van der Waals surface area contributed by atoms with Gasteiger partial charge in [-0.2, -0.15) is 0 Å². The topological polar surface area (TPSA) is 97.3 Å². The molecule has 2 heterocycles. The number of carbonyl (C=O) groups is 2. The number of aliphatic carboxylic acids is 1. The van der Waals surface area contributed by atoms with E-state index in [0.29, 0.717) is 30.3 Å². The monoisotopic (exact) mass is 482 g/mol. The zero-order valence-corrected chi connectivity index (χ0v) is 20.9. The third-order valence-corrected chi connectivity index (χ3v) is 6.69. The third kappa shape index (κ3) is 5.22. The second-order valence-corrected chi connectivity index (χ2v) is 10.5. The fourth-order valence-corrected chi connectivity index (χ4v) is 5.26. The fourth-order valence-electron chi connectivity index (χ4n) is 5.26. The molecule has 1 amide bonds. The molecule has 0 saturated carbocycles. The first-order valence-corrected chi connectivity index (χ1v) is 11.8. The van der Waals surface area contributed by atoms with Gasteiger partial charge in [0.05, 0.1) is 18.9 Å². The van der Waals surface area contributed by atoms with Gasteiger partial charge in [-0.3, -0.25) is 9.59 Å². The maximum atomic E-state index is 13.9. The predicted octanol–water partition coefficient (Wildman–Crippen LogP) is 3.67. The standard InChI is InChI=1S/C27H34N2O6/c1-27(2,3)14-29(4)25(30)22(17-8-11-20-21(12-17)35-15-34-20)19-13-28-24(23(19)26(31)32)16-6-9-18(33-5)10-7-16/h6-12,19,22-24,28H,13-15H2,1-5H3,(H,31,32). The van der Waals surface area contributed by atoms with E-state index in [1.165, 1.54) is 0 Å². The van der Waals surface area contributed by atoms with E-state index in [-0.39, 0.29) is 18.1 Å². The maximum Gasteiger partial charge on any atom is 0.308 e. The van der Waals surface area contributed by atoms with Crippen LogP contribution in [-0.2, 0) is 9.59 Å². The lowest BCUT2D eigenvalue weighted by molar-refractivity contribution is -0.144. The van der Waals surface area contributed by atoms with Crippen LogP contribution in [0.3, 0.4) is 0 Å². The zero-order valence-electron chi connectivity index (χ0n) is 20.9. The van der Waals surface area contributed by atoms with Gasteiger partial charge in [0, 0.05) is 32.1 Å². The van der Waals surface area contributed by atoms with Gasteiger partial charge in [-0.25, -0.2) is 0 Å². The molecule has 1 saturated heterocycles. The Morgan fingerprint density at radius 2 is 1.83 bits per heavy atom. The van der Waals surface area contributed by atoms with E-state index in [4.69, 9.17) is 14.2 Å². The molecule has 0 spiro atoms. The number of benzene rings is 2. The van der Waals surface area contributed by atoms with Crippen molar-refractivity contribution in [3.8, 4) is 17.2 Å². The molecular weight excluding hydrogens is 448 g/mol. The number of nitrogens with zero attached hydrogens (tertiary/aromatic N) is 1. The number of methoxy groups -OCH3 is 1. The lowest BCUT2D eigenvalue weighted by Gasteiger charge is -2.33. The van der Waals surface area contributed by atoms with Crippen molar-refractivity contribution < 1.29 is 28.9 Å². The molecule has 0 radical (unpaired) electrons. The number of amides is 1. The second-order valence-electron chi connectivity index (χ2n) is 10.5. The lowest BCUT2D eigenvalue weighted by atomic mass is 9.75. The molecule has 8 nitrogen and oxygen atoms in total. The van der Waals surface area contributed by atoms with Crippen molar-refractivity contribution in [1.29, 1.82) is 0 Å². The molecular formula is C27H34N2O6. The van der Waals surface area contributed by atoms with Crippen LogP contribution in [0.5, 0.6) is 17.2 Å². The summed E-state index contributed by atoms with van der Waals surface area (Å²) in [5.74, 6) is -1.06. The summed E-state index contributed by atoms with van der Waals surface area (Å²) in [6, 6.07) is 12.4. The van der Waals surface area contributed by atoms with Crippen molar-refractivity contribution in [1.82, 2.24) is 10.2 Å². The van der Waals surface area contributed by atoms with Crippen molar-refractivity contribution in [2.24, 2.45) is 17.3 Å². The number of nitrogens with one attached hydrogen (secondary N) is 1. The van der Waals surface area contributed by atoms with Gasteiger partial charge in [0.1, 0.15) is 5.75 Å². The van der Waals surface area contributed by atoms with E-state index in [2.05, 4.69) is 26.1 Å². The molecule has 2 aliphatic heterocycles. The average Bonchev–Trinajstić information content (AvgIpc) is 3.45. The highest BCUT2D eigenvalue weighted by atomic mass is 16.7. The van der Waals surface area contributed by atoms with E-state index < -0.39 is 29.8 Å². The fraction of sp³-hybridized carbons (Fsp3) is 0.481. The maximum absolute atomic E-state index is 13.9. The van der Waals surface area contributed by atoms with Crippen LogP contribution in [0.4, 0.5) is 0 Å². The quantitative estimate of drug-likeness (QED) is 0.621. The largest absolute Gasteiger partial charge is 0.497 e. The normalized spacial score (nSPS) is 22.0. The average molecular weight is 483 g/mol. The van der Waals surface area contributed by atoms with Crippen LogP contribution in [0.2, 0.25) is 0 Å². The Balaban J connectivity index is 1.72. The number of carbonyl (C=O) groups excluding carboxylic acids is 1. The van der Waals surface area contributed by atoms with Crippen molar-refractivity contribution in [3.05, 3.63) is 53.6 Å². The first kappa shape index (κ1) is 24.9.